The Morgan fingerprint density at radius 2 is 1.90 bits per heavy atom. The van der Waals surface area contributed by atoms with Crippen molar-refractivity contribution in [3.63, 3.8) is 0 Å². The van der Waals surface area contributed by atoms with Crippen molar-refractivity contribution in [1.82, 2.24) is 4.72 Å². The van der Waals surface area contributed by atoms with Gasteiger partial charge in [0.05, 0.1) is 0 Å². The van der Waals surface area contributed by atoms with Crippen molar-refractivity contribution >= 4 is 16.0 Å². The molecule has 0 aliphatic heterocycles. The number of furan rings is 1. The summed E-state index contributed by atoms with van der Waals surface area (Å²) in [5, 5.41) is 8.43. The van der Waals surface area contributed by atoms with Crippen LogP contribution in [0.4, 0.5) is 0 Å². The van der Waals surface area contributed by atoms with Gasteiger partial charge in [-0.2, -0.15) is 0 Å². The molecule has 0 saturated heterocycles. The number of nitrogens with one attached hydrogen (secondary N) is 1. The molecule has 1 saturated carbocycles. The Morgan fingerprint density at radius 3 is 2.43 bits per heavy atom. The lowest BCUT2D eigenvalue weighted by atomic mass is 9.94. The summed E-state index contributed by atoms with van der Waals surface area (Å²) in [5.74, 6) is -1.35. The van der Waals surface area contributed by atoms with E-state index in [9.17, 15) is 13.2 Å². The molecule has 7 heteroatoms. The Balaban J connectivity index is 2.06. The van der Waals surface area contributed by atoms with Gasteiger partial charge in [-0.05, 0) is 37.8 Å². The zero-order valence-corrected chi connectivity index (χ0v) is 12.9. The van der Waals surface area contributed by atoms with Crippen molar-refractivity contribution in [1.29, 1.82) is 0 Å². The van der Waals surface area contributed by atoms with Gasteiger partial charge in [0.25, 0.3) is 10.0 Å². The average Bonchev–Trinajstić information content (AvgIpc) is 2.76. The molecule has 118 valence electrons. The van der Waals surface area contributed by atoms with Crippen LogP contribution in [0, 0.1) is 5.92 Å². The monoisotopic (exact) mass is 315 g/mol. The first kappa shape index (κ1) is 16.0. The lowest BCUT2D eigenvalue weighted by Gasteiger charge is -2.22. The number of hydrogen-bond donors (Lipinski definition) is 2. The minimum absolute atomic E-state index is 0.188. The Hall–Kier alpha value is -1.34. The molecule has 0 bridgehead atoms. The van der Waals surface area contributed by atoms with E-state index in [0.29, 0.717) is 5.92 Å². The van der Waals surface area contributed by atoms with Crippen LogP contribution < -0.4 is 4.72 Å². The highest BCUT2D eigenvalue weighted by molar-refractivity contribution is 7.89. The summed E-state index contributed by atoms with van der Waals surface area (Å²) in [6.07, 6.45) is 6.69. The molecule has 0 unspecified atom stereocenters. The third-order valence-electron chi connectivity index (χ3n) is 4.00. The first-order valence-corrected chi connectivity index (χ1v) is 8.74. The molecule has 1 aliphatic carbocycles. The molecule has 21 heavy (non-hydrogen) atoms. The van der Waals surface area contributed by atoms with Gasteiger partial charge in [-0.25, -0.2) is 17.9 Å². The second-order valence-electron chi connectivity index (χ2n) is 5.59. The van der Waals surface area contributed by atoms with Gasteiger partial charge in [-0.1, -0.05) is 25.7 Å². The van der Waals surface area contributed by atoms with E-state index in [4.69, 9.17) is 9.52 Å². The van der Waals surface area contributed by atoms with Crippen molar-refractivity contribution in [2.24, 2.45) is 5.92 Å². The van der Waals surface area contributed by atoms with E-state index in [1.807, 2.05) is 6.92 Å². The van der Waals surface area contributed by atoms with Crippen molar-refractivity contribution < 1.29 is 22.7 Å². The standard InChI is InChI=1S/C14H21NO5S/c1-10(11-6-4-2-3-5-7-11)15-21(18,19)13-9-8-12(20-13)14(16)17/h8-11,15H,2-7H2,1H3,(H,16,17)/t10-/m0/s1. The van der Waals surface area contributed by atoms with Crippen LogP contribution in [0.15, 0.2) is 21.6 Å². The van der Waals surface area contributed by atoms with Gasteiger partial charge in [0.15, 0.2) is 0 Å². The normalized spacial score (nSPS) is 19.1. The average molecular weight is 315 g/mol. The topological polar surface area (TPSA) is 96.6 Å². The van der Waals surface area contributed by atoms with Crippen molar-refractivity contribution in [3.05, 3.63) is 17.9 Å². The molecule has 6 nitrogen and oxygen atoms in total. The Bertz CT molecular complexity index is 584. The maximum Gasteiger partial charge on any atom is 0.371 e. The summed E-state index contributed by atoms with van der Waals surface area (Å²) >= 11 is 0. The van der Waals surface area contributed by atoms with Crippen LogP contribution in [0.3, 0.4) is 0 Å². The van der Waals surface area contributed by atoms with E-state index in [1.54, 1.807) is 0 Å². The minimum Gasteiger partial charge on any atom is -0.475 e. The summed E-state index contributed by atoms with van der Waals surface area (Å²) in [7, 11) is -3.81. The molecule has 2 rings (SSSR count). The SMILES string of the molecule is C[C@H](NS(=O)(=O)c1ccc(C(=O)O)o1)C1CCCCCC1. The highest BCUT2D eigenvalue weighted by Crippen LogP contribution is 2.26. The van der Waals surface area contributed by atoms with E-state index < -0.39 is 16.0 Å². The van der Waals surface area contributed by atoms with Crippen molar-refractivity contribution in [2.75, 3.05) is 0 Å². The van der Waals surface area contributed by atoms with Crippen LogP contribution in [0.5, 0.6) is 0 Å². The predicted octanol–water partition coefficient (Wildman–Crippen LogP) is 2.62. The van der Waals surface area contributed by atoms with Gasteiger partial charge in [0.1, 0.15) is 0 Å². The van der Waals surface area contributed by atoms with Gasteiger partial charge in [-0.3, -0.25) is 0 Å². The molecule has 1 aromatic heterocycles. The van der Waals surface area contributed by atoms with Crippen LogP contribution in [0.2, 0.25) is 0 Å². The highest BCUT2D eigenvalue weighted by atomic mass is 32.2. The molecule has 1 fully saturated rings. The van der Waals surface area contributed by atoms with Crippen LogP contribution in [-0.4, -0.2) is 25.5 Å². The molecule has 0 radical (unpaired) electrons. The summed E-state index contributed by atoms with van der Waals surface area (Å²) in [6, 6.07) is 2.13. The van der Waals surface area contributed by atoms with E-state index in [-0.39, 0.29) is 16.9 Å². The lowest BCUT2D eigenvalue weighted by molar-refractivity contribution is 0.0656. The number of hydrogen-bond acceptors (Lipinski definition) is 4. The van der Waals surface area contributed by atoms with Crippen molar-refractivity contribution in [2.45, 2.75) is 56.6 Å². The molecule has 1 aromatic rings. The van der Waals surface area contributed by atoms with Gasteiger partial charge in [0.2, 0.25) is 10.9 Å². The summed E-state index contributed by atoms with van der Waals surface area (Å²) in [5.41, 5.74) is 0. The molecule has 1 aliphatic rings. The molecule has 0 amide bonds. The predicted molar refractivity (Wildman–Crippen MR) is 76.6 cm³/mol. The Morgan fingerprint density at radius 1 is 1.29 bits per heavy atom. The first-order chi connectivity index (χ1) is 9.90. The molecule has 0 spiro atoms. The maximum atomic E-state index is 12.2. The largest absolute Gasteiger partial charge is 0.475 e. The number of carboxylic acids is 1. The Labute approximate surface area is 124 Å². The summed E-state index contributed by atoms with van der Waals surface area (Å²) < 4.78 is 31.9. The van der Waals surface area contributed by atoms with Crippen LogP contribution >= 0.6 is 0 Å². The molecular weight excluding hydrogens is 294 g/mol. The molecule has 2 N–H and O–H groups in total. The van der Waals surface area contributed by atoms with Crippen molar-refractivity contribution in [3.8, 4) is 0 Å². The quantitative estimate of drug-likeness (QED) is 0.814. The van der Waals surface area contributed by atoms with Gasteiger partial charge < -0.3 is 9.52 Å². The van der Waals surface area contributed by atoms with E-state index in [0.717, 1.165) is 31.7 Å². The lowest BCUT2D eigenvalue weighted by Crippen LogP contribution is -2.37. The Kier molecular flexibility index (Phi) is 5.05. The number of carboxylic acid groups (broad SMARTS) is 1. The van der Waals surface area contributed by atoms with E-state index in [2.05, 4.69) is 4.72 Å². The van der Waals surface area contributed by atoms with Gasteiger partial charge in [-0.15, -0.1) is 0 Å². The minimum atomic E-state index is -3.81. The number of sulfonamides is 1. The molecular formula is C14H21NO5S. The van der Waals surface area contributed by atoms with Gasteiger partial charge >= 0.3 is 5.97 Å². The fourth-order valence-electron chi connectivity index (χ4n) is 2.79. The zero-order chi connectivity index (χ0) is 15.5. The summed E-state index contributed by atoms with van der Waals surface area (Å²) in [6.45, 7) is 1.86. The fraction of sp³-hybridized carbons (Fsp3) is 0.643. The highest BCUT2D eigenvalue weighted by Gasteiger charge is 2.27. The number of carbonyl (C=O) groups is 1. The molecule has 1 atom stereocenters. The number of rotatable bonds is 5. The second-order valence-corrected chi connectivity index (χ2v) is 7.23. The zero-order valence-electron chi connectivity index (χ0n) is 12.0. The number of aromatic carboxylic acids is 1. The van der Waals surface area contributed by atoms with E-state index >= 15 is 0 Å². The first-order valence-electron chi connectivity index (χ1n) is 7.25. The molecule has 0 aromatic carbocycles. The third-order valence-corrected chi connectivity index (χ3v) is 5.44. The van der Waals surface area contributed by atoms with Crippen LogP contribution in [0.1, 0.15) is 56.0 Å². The second kappa shape index (κ2) is 6.62. The van der Waals surface area contributed by atoms with Crippen LogP contribution in [-0.2, 0) is 10.0 Å². The summed E-state index contributed by atoms with van der Waals surface area (Å²) in [4.78, 5) is 10.7. The fourth-order valence-corrected chi connectivity index (χ4v) is 4.03. The third kappa shape index (κ3) is 4.07. The van der Waals surface area contributed by atoms with Gasteiger partial charge in [0, 0.05) is 6.04 Å². The maximum absolute atomic E-state index is 12.2. The van der Waals surface area contributed by atoms with E-state index in [1.165, 1.54) is 18.9 Å². The molecule has 1 heterocycles. The smallest absolute Gasteiger partial charge is 0.371 e. The van der Waals surface area contributed by atoms with Crippen LogP contribution in [0.25, 0.3) is 0 Å².